The zero-order chi connectivity index (χ0) is 37.8. The van der Waals surface area contributed by atoms with Crippen molar-refractivity contribution in [3.8, 4) is 12.1 Å². The Morgan fingerprint density at radius 1 is 0.500 bits per heavy atom. The summed E-state index contributed by atoms with van der Waals surface area (Å²) in [7, 11) is 0. The van der Waals surface area contributed by atoms with Gasteiger partial charge in [-0.1, -0.05) is 0 Å². The highest BCUT2D eigenvalue weighted by molar-refractivity contribution is 6.30. The van der Waals surface area contributed by atoms with Gasteiger partial charge in [-0.15, -0.1) is 0 Å². The first-order valence-electron chi connectivity index (χ1n) is 14.1. The largest absolute Gasteiger partial charge is 0.418 e. The van der Waals surface area contributed by atoms with Crippen molar-refractivity contribution < 1.29 is 52.7 Å². The van der Waals surface area contributed by atoms with Crippen LogP contribution in [0, 0.1) is 22.7 Å². The predicted molar refractivity (Wildman–Crippen MR) is 156 cm³/mol. The van der Waals surface area contributed by atoms with Crippen molar-refractivity contribution in [1.29, 1.82) is 10.5 Å². The molecule has 0 spiro atoms. The quantitative estimate of drug-likeness (QED) is 0.115. The molecule has 260 valence electrons. The summed E-state index contributed by atoms with van der Waals surface area (Å²) in [6, 6.07) is 4.85. The van der Waals surface area contributed by atoms with E-state index in [1.54, 1.807) is 12.1 Å². The maximum Gasteiger partial charge on any atom is 0.418 e. The summed E-state index contributed by atoms with van der Waals surface area (Å²) in [6.07, 6.45) is -21.6. The van der Waals surface area contributed by atoms with Crippen LogP contribution in [0.4, 0.5) is 52.7 Å². The maximum atomic E-state index is 14.1. The summed E-state index contributed by atoms with van der Waals surface area (Å²) in [4.78, 5) is 35.8. The van der Waals surface area contributed by atoms with Crippen LogP contribution in [0.1, 0.15) is 33.4 Å². The van der Waals surface area contributed by atoms with Gasteiger partial charge in [-0.05, 0) is 36.4 Å². The zero-order valence-corrected chi connectivity index (χ0v) is 24.5. The van der Waals surface area contributed by atoms with Gasteiger partial charge < -0.3 is 0 Å². The Hall–Kier alpha value is -6.44. The standard InChI is InChI=1S/C32H6F12N6O2/c33-29(34,35)11-3-15(31(39,40)41)23-17(5-11)49-26(48-23)20-10(8-46)2-14-22-19(9(7-45)1-13(21(20)22)27(49)51)25-47-24-16(32(42,43)44)4-12(30(36,37)38)6-18(24)50(25)28(14)52/h1-6H. The number of nitrogens with zero attached hydrogens (tertiary/aromatic N) is 6. The number of hydrogen-bond donors (Lipinski definition) is 0. The van der Waals surface area contributed by atoms with E-state index in [4.69, 9.17) is 0 Å². The van der Waals surface area contributed by atoms with Crippen molar-refractivity contribution in [2.24, 2.45) is 0 Å². The Morgan fingerprint density at radius 2 is 0.846 bits per heavy atom. The average Bonchev–Trinajstić information content (AvgIpc) is 3.62. The highest BCUT2D eigenvalue weighted by atomic mass is 19.4. The van der Waals surface area contributed by atoms with Crippen molar-refractivity contribution in [2.75, 3.05) is 0 Å². The molecule has 0 aliphatic rings. The number of nitriles is 2. The van der Waals surface area contributed by atoms with Crippen LogP contribution >= 0.6 is 0 Å². The summed E-state index contributed by atoms with van der Waals surface area (Å²) in [5.74, 6) is 0. The van der Waals surface area contributed by atoms with Crippen LogP contribution in [0.15, 0.2) is 46.0 Å². The lowest BCUT2D eigenvalue weighted by Gasteiger charge is -2.15. The lowest BCUT2D eigenvalue weighted by molar-refractivity contribution is -0.143. The van der Waals surface area contributed by atoms with E-state index < -0.39 is 135 Å². The molecule has 0 aliphatic heterocycles. The molecule has 4 heterocycles. The van der Waals surface area contributed by atoms with Gasteiger partial charge in [0.1, 0.15) is 22.3 Å². The van der Waals surface area contributed by atoms with Crippen LogP contribution in [-0.2, 0) is 24.7 Å². The molecule has 0 bridgehead atoms. The molecule has 0 saturated heterocycles. The first-order valence-corrected chi connectivity index (χ1v) is 14.1. The van der Waals surface area contributed by atoms with Crippen LogP contribution in [0.25, 0.3) is 65.7 Å². The van der Waals surface area contributed by atoms with Gasteiger partial charge in [0, 0.05) is 21.5 Å². The summed E-state index contributed by atoms with van der Waals surface area (Å²) >= 11 is 0. The number of rotatable bonds is 0. The molecule has 8 nitrogen and oxygen atoms in total. The normalized spacial score (nSPS) is 13.5. The van der Waals surface area contributed by atoms with Crippen molar-refractivity contribution in [3.63, 3.8) is 0 Å². The molecule has 0 fully saturated rings. The topological polar surface area (TPSA) is 116 Å². The molecule has 0 N–H and O–H groups in total. The first kappa shape index (κ1) is 32.7. The fraction of sp³-hybridized carbons (Fsp3) is 0.125. The van der Waals surface area contributed by atoms with E-state index >= 15 is 0 Å². The van der Waals surface area contributed by atoms with Crippen molar-refractivity contribution in [3.05, 3.63) is 90.5 Å². The number of halogens is 12. The van der Waals surface area contributed by atoms with Crippen LogP contribution < -0.4 is 11.1 Å². The monoisotopic (exact) mass is 734 g/mol. The molecule has 0 atom stereocenters. The minimum atomic E-state index is -5.45. The van der Waals surface area contributed by atoms with Crippen LogP contribution in [-0.4, -0.2) is 18.8 Å². The second-order valence-electron chi connectivity index (χ2n) is 11.6. The third-order valence-corrected chi connectivity index (χ3v) is 8.75. The summed E-state index contributed by atoms with van der Waals surface area (Å²) in [6.45, 7) is 0. The number of imidazole rings is 2. The van der Waals surface area contributed by atoms with Crippen LogP contribution in [0.3, 0.4) is 0 Å². The summed E-state index contributed by atoms with van der Waals surface area (Å²) in [5.41, 5.74) is -17.2. The third-order valence-electron chi connectivity index (χ3n) is 8.75. The molecule has 0 amide bonds. The highest BCUT2D eigenvalue weighted by Gasteiger charge is 2.42. The number of hydrogen-bond acceptors (Lipinski definition) is 6. The van der Waals surface area contributed by atoms with Crippen molar-refractivity contribution >= 4 is 65.7 Å². The SMILES string of the molecule is N#Cc1cc2c(=O)n3c4cc(C(F)(F)F)cc(C(F)(F)F)c4nc3c3c(C#N)cc4c(=O)n5c6cc(C(F)(F)F)cc(C(F)(F)F)c6nc5c1c4c23. The zero-order valence-electron chi connectivity index (χ0n) is 24.5. The molecule has 8 aromatic rings. The Labute approximate surface area is 275 Å². The molecule has 52 heavy (non-hydrogen) atoms. The Bertz CT molecular complexity index is 2930. The van der Waals surface area contributed by atoms with E-state index in [0.717, 1.165) is 12.1 Å². The van der Waals surface area contributed by atoms with Gasteiger partial charge in [0.05, 0.1) is 67.3 Å². The minimum Gasteiger partial charge on any atom is -0.268 e. The average molecular weight is 734 g/mol. The first-order chi connectivity index (χ1) is 24.1. The molecule has 0 unspecified atom stereocenters. The number of aromatic nitrogens is 4. The van der Waals surface area contributed by atoms with Gasteiger partial charge in [0.25, 0.3) is 11.1 Å². The van der Waals surface area contributed by atoms with Gasteiger partial charge >= 0.3 is 24.7 Å². The molecule has 20 heteroatoms. The van der Waals surface area contributed by atoms with Gasteiger partial charge in [-0.2, -0.15) is 63.2 Å². The van der Waals surface area contributed by atoms with Crippen molar-refractivity contribution in [2.45, 2.75) is 24.7 Å². The lowest BCUT2D eigenvalue weighted by Crippen LogP contribution is -2.18. The molecule has 0 radical (unpaired) electrons. The molecular weight excluding hydrogens is 728 g/mol. The van der Waals surface area contributed by atoms with Gasteiger partial charge in [-0.3, -0.25) is 18.4 Å². The van der Waals surface area contributed by atoms with Gasteiger partial charge in [0.15, 0.2) is 0 Å². The number of fused-ring (bicyclic) bond motifs is 8. The summed E-state index contributed by atoms with van der Waals surface area (Å²) in [5, 5.41) is 17.2. The highest BCUT2D eigenvalue weighted by Crippen LogP contribution is 2.45. The Balaban J connectivity index is 1.68. The number of alkyl halides is 12. The fourth-order valence-corrected chi connectivity index (χ4v) is 6.71. The second-order valence-corrected chi connectivity index (χ2v) is 11.6. The van der Waals surface area contributed by atoms with E-state index in [0.29, 0.717) is 8.80 Å². The van der Waals surface area contributed by atoms with E-state index in [1.807, 2.05) is 0 Å². The molecule has 4 aromatic carbocycles. The van der Waals surface area contributed by atoms with Crippen molar-refractivity contribution in [1.82, 2.24) is 18.8 Å². The molecule has 0 aliphatic carbocycles. The predicted octanol–water partition coefficient (Wildman–Crippen LogP) is 8.16. The van der Waals surface area contributed by atoms with E-state index in [1.165, 1.54) is 0 Å². The van der Waals surface area contributed by atoms with E-state index in [2.05, 4.69) is 9.97 Å². The molecular formula is C32H6F12N6O2. The minimum absolute atomic E-state index is 0.226. The summed E-state index contributed by atoms with van der Waals surface area (Å²) < 4.78 is 168. The Morgan fingerprint density at radius 3 is 1.13 bits per heavy atom. The van der Waals surface area contributed by atoms with E-state index in [-0.39, 0.29) is 24.3 Å². The second kappa shape index (κ2) is 9.66. The van der Waals surface area contributed by atoms with Crippen LogP contribution in [0.5, 0.6) is 0 Å². The van der Waals surface area contributed by atoms with Gasteiger partial charge in [0.2, 0.25) is 0 Å². The number of pyridine rings is 2. The maximum absolute atomic E-state index is 14.1. The molecule has 8 rings (SSSR count). The van der Waals surface area contributed by atoms with Crippen LogP contribution in [0.2, 0.25) is 0 Å². The lowest BCUT2D eigenvalue weighted by atomic mass is 9.91. The van der Waals surface area contributed by atoms with Gasteiger partial charge in [-0.25, -0.2) is 9.97 Å². The molecule has 0 saturated carbocycles. The third kappa shape index (κ3) is 4.17. The fourth-order valence-electron chi connectivity index (χ4n) is 6.71. The number of benzene rings is 4. The Kier molecular flexibility index (Phi) is 6.08. The van der Waals surface area contributed by atoms with E-state index in [9.17, 15) is 72.8 Å². The molecule has 4 aromatic heterocycles. The smallest absolute Gasteiger partial charge is 0.268 e.